The molecular formula is C13H17NO6. The third-order valence-electron chi connectivity index (χ3n) is 2.20. The second kappa shape index (κ2) is 5.79. The smallest absolute Gasteiger partial charge is 0.412 e. The van der Waals surface area contributed by atoms with Crippen molar-refractivity contribution in [2.24, 2.45) is 0 Å². The average Bonchev–Trinajstić information content (AvgIpc) is 2.27. The van der Waals surface area contributed by atoms with Crippen molar-refractivity contribution >= 4 is 17.7 Å². The fraction of sp³-hybridized carbons (Fsp3) is 0.385. The number of benzene rings is 1. The van der Waals surface area contributed by atoms with Crippen molar-refractivity contribution in [3.05, 3.63) is 23.8 Å². The minimum absolute atomic E-state index is 0.0481. The van der Waals surface area contributed by atoms with E-state index >= 15 is 0 Å². The summed E-state index contributed by atoms with van der Waals surface area (Å²) < 4.78 is 5.03. The highest BCUT2D eigenvalue weighted by atomic mass is 16.6. The monoisotopic (exact) mass is 283 g/mol. The number of aromatic hydroxyl groups is 1. The number of carbonyl (C=O) groups is 2. The van der Waals surface area contributed by atoms with E-state index in [2.05, 4.69) is 5.32 Å². The molecular weight excluding hydrogens is 266 g/mol. The largest absolute Gasteiger partial charge is 0.508 e. The Bertz CT molecular complexity index is 520. The van der Waals surface area contributed by atoms with Gasteiger partial charge in [-0.05, 0) is 39.0 Å². The van der Waals surface area contributed by atoms with Gasteiger partial charge < -0.3 is 20.1 Å². The predicted molar refractivity (Wildman–Crippen MR) is 70.6 cm³/mol. The second-order valence-electron chi connectivity index (χ2n) is 5.14. The van der Waals surface area contributed by atoms with Crippen molar-refractivity contribution in [1.29, 1.82) is 0 Å². The summed E-state index contributed by atoms with van der Waals surface area (Å²) in [5.41, 5.74) is -0.803. The summed E-state index contributed by atoms with van der Waals surface area (Å²) in [4.78, 5) is 22.4. The lowest BCUT2D eigenvalue weighted by atomic mass is 10.1. The van der Waals surface area contributed by atoms with Gasteiger partial charge >= 0.3 is 12.1 Å². The van der Waals surface area contributed by atoms with Crippen LogP contribution < -0.4 is 5.32 Å². The van der Waals surface area contributed by atoms with Gasteiger partial charge in [0.2, 0.25) is 0 Å². The molecule has 0 aliphatic carbocycles. The lowest BCUT2D eigenvalue weighted by Gasteiger charge is -2.21. The highest BCUT2D eigenvalue weighted by Gasteiger charge is 2.23. The number of anilines is 1. The Hall–Kier alpha value is -2.28. The zero-order valence-corrected chi connectivity index (χ0v) is 11.4. The lowest BCUT2D eigenvalue weighted by Crippen LogP contribution is -2.28. The maximum Gasteiger partial charge on any atom is 0.412 e. The van der Waals surface area contributed by atoms with Crippen LogP contribution in [0.1, 0.15) is 32.4 Å². The van der Waals surface area contributed by atoms with Gasteiger partial charge in [-0.15, -0.1) is 0 Å². The molecule has 7 heteroatoms. The number of carbonyl (C=O) groups excluding carboxylic acids is 1. The molecule has 110 valence electrons. The molecule has 1 aromatic carbocycles. The van der Waals surface area contributed by atoms with Crippen LogP contribution >= 0.6 is 0 Å². The average molecular weight is 283 g/mol. The maximum atomic E-state index is 11.6. The number of phenolic OH excluding ortho intramolecular Hbond substituents is 1. The number of rotatable bonds is 3. The molecule has 0 aliphatic heterocycles. The third kappa shape index (κ3) is 4.43. The number of hydrogen-bond donors (Lipinski definition) is 4. The number of carboxylic acid groups (broad SMARTS) is 1. The molecule has 7 nitrogen and oxygen atoms in total. The van der Waals surface area contributed by atoms with Crippen LogP contribution in [-0.4, -0.2) is 33.0 Å². The topological polar surface area (TPSA) is 116 Å². The summed E-state index contributed by atoms with van der Waals surface area (Å²) in [6.07, 6.45) is -2.66. The molecule has 1 atom stereocenters. The standard InChI is InChI=1S/C13H17NO6/c1-13(2,3)20-12(19)14-9-5-4-7(15)6-8(9)10(16)11(17)18/h4-6,10,15-16H,1-3H3,(H,14,19)(H,17,18). The van der Waals surface area contributed by atoms with Gasteiger partial charge in [0.05, 0.1) is 5.69 Å². The first kappa shape index (κ1) is 15.8. The van der Waals surface area contributed by atoms with E-state index in [1.807, 2.05) is 0 Å². The van der Waals surface area contributed by atoms with E-state index in [-0.39, 0.29) is 17.0 Å². The fourth-order valence-corrected chi connectivity index (χ4v) is 1.44. The van der Waals surface area contributed by atoms with Gasteiger partial charge in [-0.3, -0.25) is 5.32 Å². The summed E-state index contributed by atoms with van der Waals surface area (Å²) in [6, 6.07) is 3.59. The van der Waals surface area contributed by atoms with E-state index in [9.17, 15) is 19.8 Å². The van der Waals surface area contributed by atoms with Crippen molar-refractivity contribution in [2.45, 2.75) is 32.5 Å². The zero-order chi connectivity index (χ0) is 15.5. The van der Waals surface area contributed by atoms with Crippen LogP contribution in [0.5, 0.6) is 5.75 Å². The van der Waals surface area contributed by atoms with Crippen molar-refractivity contribution in [2.75, 3.05) is 5.32 Å². The Labute approximate surface area is 115 Å². The molecule has 1 rings (SSSR count). The molecule has 20 heavy (non-hydrogen) atoms. The first-order chi connectivity index (χ1) is 9.10. The molecule has 0 aromatic heterocycles. The van der Waals surface area contributed by atoms with Crippen LogP contribution in [0, 0.1) is 0 Å². The summed E-state index contributed by atoms with van der Waals surface area (Å²) in [7, 11) is 0. The molecule has 1 aromatic rings. The number of nitrogens with one attached hydrogen (secondary N) is 1. The van der Waals surface area contributed by atoms with Crippen LogP contribution in [0.3, 0.4) is 0 Å². The van der Waals surface area contributed by atoms with Crippen LogP contribution in [0.15, 0.2) is 18.2 Å². The van der Waals surface area contributed by atoms with Crippen molar-refractivity contribution in [1.82, 2.24) is 0 Å². The molecule has 0 saturated heterocycles. The Morgan fingerprint density at radius 1 is 1.30 bits per heavy atom. The number of carboxylic acids is 1. The van der Waals surface area contributed by atoms with E-state index in [0.29, 0.717) is 0 Å². The second-order valence-corrected chi connectivity index (χ2v) is 5.14. The van der Waals surface area contributed by atoms with E-state index in [1.165, 1.54) is 12.1 Å². The van der Waals surface area contributed by atoms with E-state index in [0.717, 1.165) is 6.07 Å². The minimum Gasteiger partial charge on any atom is -0.508 e. The van der Waals surface area contributed by atoms with Gasteiger partial charge in [-0.1, -0.05) is 0 Å². The molecule has 1 unspecified atom stereocenters. The van der Waals surface area contributed by atoms with Crippen LogP contribution in [-0.2, 0) is 9.53 Å². The zero-order valence-electron chi connectivity index (χ0n) is 11.4. The molecule has 0 saturated carbocycles. The summed E-state index contributed by atoms with van der Waals surface area (Å²) in [6.45, 7) is 5.03. The van der Waals surface area contributed by atoms with E-state index in [4.69, 9.17) is 9.84 Å². The Balaban J connectivity index is 3.00. The van der Waals surface area contributed by atoms with Crippen LogP contribution in [0.25, 0.3) is 0 Å². The Morgan fingerprint density at radius 2 is 1.90 bits per heavy atom. The number of ether oxygens (including phenoxy) is 1. The molecule has 0 spiro atoms. The number of aliphatic carboxylic acids is 1. The maximum absolute atomic E-state index is 11.6. The predicted octanol–water partition coefficient (Wildman–Crippen LogP) is 1.86. The molecule has 0 bridgehead atoms. The van der Waals surface area contributed by atoms with E-state index < -0.39 is 23.8 Å². The van der Waals surface area contributed by atoms with Crippen molar-refractivity contribution in [3.63, 3.8) is 0 Å². The molecule has 0 aliphatic rings. The van der Waals surface area contributed by atoms with Crippen LogP contribution in [0.2, 0.25) is 0 Å². The fourth-order valence-electron chi connectivity index (χ4n) is 1.44. The highest BCUT2D eigenvalue weighted by molar-refractivity contribution is 5.88. The van der Waals surface area contributed by atoms with Crippen molar-refractivity contribution in [3.8, 4) is 5.75 Å². The molecule has 0 radical (unpaired) electrons. The number of hydrogen-bond acceptors (Lipinski definition) is 5. The number of aliphatic hydroxyl groups is 1. The van der Waals surface area contributed by atoms with Gasteiger partial charge in [-0.25, -0.2) is 9.59 Å². The third-order valence-corrected chi connectivity index (χ3v) is 2.20. The number of phenols is 1. The Morgan fingerprint density at radius 3 is 2.40 bits per heavy atom. The Kier molecular flexibility index (Phi) is 4.57. The first-order valence-electron chi connectivity index (χ1n) is 5.84. The molecule has 1 amide bonds. The minimum atomic E-state index is -1.87. The first-order valence-corrected chi connectivity index (χ1v) is 5.84. The van der Waals surface area contributed by atoms with E-state index in [1.54, 1.807) is 20.8 Å². The summed E-state index contributed by atoms with van der Waals surface area (Å²) >= 11 is 0. The van der Waals surface area contributed by atoms with Gasteiger partial charge in [0.15, 0.2) is 6.10 Å². The lowest BCUT2D eigenvalue weighted by molar-refractivity contribution is -0.146. The van der Waals surface area contributed by atoms with Gasteiger partial charge in [0, 0.05) is 5.56 Å². The highest BCUT2D eigenvalue weighted by Crippen LogP contribution is 2.27. The normalized spacial score (nSPS) is 12.6. The number of aliphatic hydroxyl groups excluding tert-OH is 1. The molecule has 4 N–H and O–H groups in total. The van der Waals surface area contributed by atoms with Gasteiger partial charge in [-0.2, -0.15) is 0 Å². The molecule has 0 heterocycles. The van der Waals surface area contributed by atoms with Gasteiger partial charge in [0.25, 0.3) is 0 Å². The van der Waals surface area contributed by atoms with Gasteiger partial charge in [0.1, 0.15) is 11.4 Å². The van der Waals surface area contributed by atoms with Crippen molar-refractivity contribution < 1.29 is 29.6 Å². The summed E-state index contributed by atoms with van der Waals surface area (Å²) in [5, 5.41) is 30.0. The number of amides is 1. The quantitative estimate of drug-likeness (QED) is 0.629. The summed E-state index contributed by atoms with van der Waals surface area (Å²) in [5.74, 6) is -1.72. The van der Waals surface area contributed by atoms with Crippen LogP contribution in [0.4, 0.5) is 10.5 Å². The SMILES string of the molecule is CC(C)(C)OC(=O)Nc1ccc(O)cc1C(O)C(=O)O. The molecule has 0 fully saturated rings.